The number of amides is 1. The maximum atomic E-state index is 13.3. The number of rotatable bonds is 14. The van der Waals surface area contributed by atoms with Crippen molar-refractivity contribution in [2.24, 2.45) is 5.92 Å². The number of ether oxygens (including phenoxy) is 2. The number of aryl methyl sites for hydroxylation is 1. The third-order valence-corrected chi connectivity index (χ3v) is 7.77. The van der Waals surface area contributed by atoms with Crippen LogP contribution in [-0.2, 0) is 20.9 Å². The second kappa shape index (κ2) is 17.0. The Hall–Kier alpha value is -1.75. The first-order chi connectivity index (χ1) is 17.9. The largest absolute Gasteiger partial charge is 1.00 e. The topological polar surface area (TPSA) is 87.7 Å². The predicted octanol–water partition coefficient (Wildman–Crippen LogP) is 1.77. The Morgan fingerprint density at radius 3 is 2.50 bits per heavy atom. The minimum Gasteiger partial charge on any atom is -0.548 e. The van der Waals surface area contributed by atoms with Crippen molar-refractivity contribution in [3.63, 3.8) is 0 Å². The molecule has 8 heteroatoms. The molecule has 0 unspecified atom stereocenters. The van der Waals surface area contributed by atoms with Crippen LogP contribution in [0, 0.1) is 12.8 Å². The van der Waals surface area contributed by atoms with E-state index in [1.54, 1.807) is 13.2 Å². The van der Waals surface area contributed by atoms with Crippen molar-refractivity contribution < 1.29 is 43.0 Å². The molecule has 0 heterocycles. The van der Waals surface area contributed by atoms with Gasteiger partial charge in [-0.25, -0.2) is 0 Å². The normalized spacial score (nSPS) is 15.3. The number of carboxylic acids is 1. The second-order valence-electron chi connectivity index (χ2n) is 9.95. The minimum atomic E-state index is -1.27. The monoisotopic (exact) mass is 533 g/mol. The average molecular weight is 534 g/mol. The van der Waals surface area contributed by atoms with Gasteiger partial charge < -0.3 is 24.7 Å². The molecular formula is C30H40LiNO5S. The van der Waals surface area contributed by atoms with E-state index in [9.17, 15) is 14.7 Å². The fraction of sp³-hybridized carbons (Fsp3) is 0.533. The molecule has 202 valence electrons. The summed E-state index contributed by atoms with van der Waals surface area (Å²) >= 11 is 1.53. The van der Waals surface area contributed by atoms with Crippen molar-refractivity contribution in [2.75, 3.05) is 25.7 Å². The molecule has 38 heavy (non-hydrogen) atoms. The quantitative estimate of drug-likeness (QED) is 0.373. The number of aliphatic carboxylic acids is 1. The summed E-state index contributed by atoms with van der Waals surface area (Å²) in [7, 11) is 1.71. The van der Waals surface area contributed by atoms with Crippen molar-refractivity contribution in [2.45, 2.75) is 70.6 Å². The van der Waals surface area contributed by atoms with Crippen LogP contribution in [0.15, 0.2) is 42.5 Å². The number of carbonyl (C=O) groups excluding carboxylic acids is 2. The first kappa shape index (κ1) is 32.5. The standard InChI is InChI=1S/C30H41NO5S.Li/c1-21-9-7-8-12-25(21)27-18-23(19-36-24(20-35-2)17-22-10-5-4-6-11-22)13-14-26(27)29(32)31-28(30(33)34)15-16-37-3;/h7-9,12-14,18,22,24,28H,4-6,10-11,15-17,19-20H2,1-3H3,(H,31,32)(H,33,34);/q;+1/p-1/t24-,28-;/m0./s1. The van der Waals surface area contributed by atoms with Gasteiger partial charge in [0.25, 0.3) is 5.91 Å². The van der Waals surface area contributed by atoms with Crippen LogP contribution in [-0.4, -0.2) is 49.7 Å². The van der Waals surface area contributed by atoms with Crippen LogP contribution in [0.1, 0.15) is 66.4 Å². The first-order valence-corrected chi connectivity index (χ1v) is 14.6. The van der Waals surface area contributed by atoms with Gasteiger partial charge in [-0.05, 0) is 72.1 Å². The number of hydrogen-bond acceptors (Lipinski definition) is 6. The average Bonchev–Trinajstić information content (AvgIpc) is 2.90. The van der Waals surface area contributed by atoms with Crippen LogP contribution in [0.4, 0.5) is 0 Å². The Morgan fingerprint density at radius 1 is 1.11 bits per heavy atom. The van der Waals surface area contributed by atoms with Gasteiger partial charge in [0.1, 0.15) is 0 Å². The van der Waals surface area contributed by atoms with E-state index in [4.69, 9.17) is 9.47 Å². The molecule has 2 atom stereocenters. The fourth-order valence-corrected chi connectivity index (χ4v) is 5.55. The Balaban J connectivity index is 0.00000507. The van der Waals surface area contributed by atoms with E-state index in [1.165, 1.54) is 43.9 Å². The summed E-state index contributed by atoms with van der Waals surface area (Å²) in [4.78, 5) is 24.9. The van der Waals surface area contributed by atoms with Crippen molar-refractivity contribution in [1.82, 2.24) is 5.32 Å². The number of carbonyl (C=O) groups is 2. The zero-order valence-corrected chi connectivity index (χ0v) is 24.1. The number of carboxylic acid groups (broad SMARTS) is 1. The molecule has 3 rings (SSSR count). The molecule has 0 radical (unpaired) electrons. The predicted molar refractivity (Wildman–Crippen MR) is 148 cm³/mol. The zero-order valence-electron chi connectivity index (χ0n) is 23.3. The van der Waals surface area contributed by atoms with Crippen LogP contribution < -0.4 is 29.3 Å². The molecule has 0 bridgehead atoms. The van der Waals surface area contributed by atoms with Crippen LogP contribution in [0.25, 0.3) is 11.1 Å². The minimum absolute atomic E-state index is 0. The molecule has 1 fully saturated rings. The number of nitrogens with one attached hydrogen (secondary N) is 1. The fourth-order valence-electron chi connectivity index (χ4n) is 5.08. The van der Waals surface area contributed by atoms with Gasteiger partial charge in [0.15, 0.2) is 0 Å². The van der Waals surface area contributed by atoms with Gasteiger partial charge in [0.2, 0.25) is 0 Å². The summed E-state index contributed by atoms with van der Waals surface area (Å²) in [6.07, 6.45) is 9.67. The Labute approximate surface area is 243 Å². The zero-order chi connectivity index (χ0) is 26.6. The maximum absolute atomic E-state index is 13.3. The van der Waals surface area contributed by atoms with Crippen LogP contribution in [0.3, 0.4) is 0 Å². The smallest absolute Gasteiger partial charge is 0.548 e. The molecule has 2 aromatic carbocycles. The van der Waals surface area contributed by atoms with E-state index in [1.807, 2.05) is 49.6 Å². The van der Waals surface area contributed by atoms with Crippen molar-refractivity contribution in [3.8, 4) is 11.1 Å². The third-order valence-electron chi connectivity index (χ3n) is 7.12. The molecule has 0 saturated heterocycles. The first-order valence-electron chi connectivity index (χ1n) is 13.2. The van der Waals surface area contributed by atoms with E-state index < -0.39 is 17.9 Å². The van der Waals surface area contributed by atoms with E-state index in [2.05, 4.69) is 5.32 Å². The molecule has 1 aliphatic rings. The number of hydrogen-bond donors (Lipinski definition) is 1. The molecule has 1 saturated carbocycles. The summed E-state index contributed by atoms with van der Waals surface area (Å²) in [6, 6.07) is 12.5. The van der Waals surface area contributed by atoms with Gasteiger partial charge in [0, 0.05) is 12.7 Å². The van der Waals surface area contributed by atoms with Crippen molar-refractivity contribution in [3.05, 3.63) is 59.2 Å². The van der Waals surface area contributed by atoms with Crippen LogP contribution >= 0.6 is 11.8 Å². The van der Waals surface area contributed by atoms with Gasteiger partial charge >= 0.3 is 18.9 Å². The molecular weight excluding hydrogens is 493 g/mol. The van der Waals surface area contributed by atoms with Gasteiger partial charge in [-0.1, -0.05) is 62.4 Å². The molecule has 0 spiro atoms. The Bertz CT molecular complexity index is 1030. The van der Waals surface area contributed by atoms with Gasteiger partial charge in [-0.2, -0.15) is 11.8 Å². The van der Waals surface area contributed by atoms with Crippen LogP contribution in [0.5, 0.6) is 0 Å². The summed E-state index contributed by atoms with van der Waals surface area (Å²) in [5, 5.41) is 14.3. The van der Waals surface area contributed by atoms with Crippen molar-refractivity contribution >= 4 is 23.6 Å². The van der Waals surface area contributed by atoms with Crippen molar-refractivity contribution in [1.29, 1.82) is 0 Å². The number of benzene rings is 2. The van der Waals surface area contributed by atoms with Crippen LogP contribution in [0.2, 0.25) is 0 Å². The molecule has 1 aliphatic carbocycles. The van der Waals surface area contributed by atoms with Gasteiger partial charge in [-0.15, -0.1) is 0 Å². The van der Waals surface area contributed by atoms with E-state index in [0.717, 1.165) is 28.7 Å². The second-order valence-corrected chi connectivity index (χ2v) is 10.9. The molecule has 1 amide bonds. The number of thioether (sulfide) groups is 1. The van der Waals surface area contributed by atoms with Gasteiger partial charge in [-0.3, -0.25) is 4.79 Å². The van der Waals surface area contributed by atoms with E-state index in [0.29, 0.717) is 36.9 Å². The third kappa shape index (κ3) is 9.77. The SMILES string of the molecule is COC[C@H](CC1CCCCC1)OCc1ccc(C(=O)N[C@@H](CCSC)C(=O)[O-])c(-c2ccccc2C)c1.[Li+]. The molecule has 1 N–H and O–H groups in total. The van der Waals surface area contributed by atoms with Gasteiger partial charge in [0.05, 0.1) is 31.3 Å². The molecule has 0 aliphatic heterocycles. The summed E-state index contributed by atoms with van der Waals surface area (Å²) in [5.41, 5.74) is 4.11. The summed E-state index contributed by atoms with van der Waals surface area (Å²) in [5.74, 6) is -0.392. The van der Waals surface area contributed by atoms with E-state index in [-0.39, 0.29) is 25.0 Å². The molecule has 6 nitrogen and oxygen atoms in total. The molecule has 2 aromatic rings. The molecule has 0 aromatic heterocycles. The summed E-state index contributed by atoms with van der Waals surface area (Å²) in [6.45, 7) is 2.97. The summed E-state index contributed by atoms with van der Waals surface area (Å²) < 4.78 is 11.8. The number of methoxy groups -OCH3 is 1. The van der Waals surface area contributed by atoms with E-state index >= 15 is 0 Å². The Morgan fingerprint density at radius 2 is 1.84 bits per heavy atom. The maximum Gasteiger partial charge on any atom is 1.00 e. The Kier molecular flexibility index (Phi) is 14.6.